The summed E-state index contributed by atoms with van der Waals surface area (Å²) in [6, 6.07) is 1.93. The average Bonchev–Trinajstić information content (AvgIpc) is 2.03. The summed E-state index contributed by atoms with van der Waals surface area (Å²) >= 11 is 0. The van der Waals surface area contributed by atoms with Crippen molar-refractivity contribution in [1.82, 2.24) is 0 Å². The van der Waals surface area contributed by atoms with Crippen LogP contribution in [0.4, 0.5) is 0 Å². The lowest BCUT2D eigenvalue weighted by Gasteiger charge is -1.93. The third-order valence-electron chi connectivity index (χ3n) is 1.16. The molecule has 0 rings (SSSR count). The van der Waals surface area contributed by atoms with Crippen molar-refractivity contribution in [2.45, 2.75) is 19.8 Å². The maximum absolute atomic E-state index is 10.6. The van der Waals surface area contributed by atoms with E-state index >= 15 is 0 Å². The molecule has 0 saturated carbocycles. The van der Waals surface area contributed by atoms with Crippen molar-refractivity contribution in [2.75, 3.05) is 7.11 Å². The van der Waals surface area contributed by atoms with Crippen molar-refractivity contribution in [2.24, 2.45) is 0 Å². The minimum absolute atomic E-state index is 0.463. The fourth-order valence-corrected chi connectivity index (χ4v) is 0.631. The van der Waals surface area contributed by atoms with Crippen LogP contribution >= 0.6 is 0 Å². The lowest BCUT2D eigenvalue weighted by atomic mass is 10.1. The molecule has 0 unspecified atom stereocenters. The van der Waals surface area contributed by atoms with E-state index in [4.69, 9.17) is 5.26 Å². The highest BCUT2D eigenvalue weighted by molar-refractivity contribution is 5.83. The first kappa shape index (κ1) is 9.70. The number of carbonyl (C=O) groups excluding carboxylic acids is 1. The zero-order valence-corrected chi connectivity index (χ0v) is 6.76. The highest BCUT2D eigenvalue weighted by Crippen LogP contribution is 2.02. The van der Waals surface area contributed by atoms with Crippen LogP contribution in [0.2, 0.25) is 0 Å². The van der Waals surface area contributed by atoms with Gasteiger partial charge in [0.2, 0.25) is 0 Å². The van der Waals surface area contributed by atoms with Crippen LogP contribution in [0.1, 0.15) is 19.8 Å². The molecule has 0 radical (unpaired) electrons. The van der Waals surface area contributed by atoms with Gasteiger partial charge in [-0.25, -0.2) is 4.79 Å². The molecule has 0 N–H and O–H groups in total. The lowest BCUT2D eigenvalue weighted by Crippen LogP contribution is -1.96. The predicted octanol–water partition coefficient (Wildman–Crippen LogP) is 1.41. The molecular formula is C8H11NO2. The van der Waals surface area contributed by atoms with Crippen molar-refractivity contribution >= 4 is 5.97 Å². The van der Waals surface area contributed by atoms with E-state index in [-0.39, 0.29) is 0 Å². The van der Waals surface area contributed by atoms with Crippen molar-refractivity contribution in [3.63, 3.8) is 0 Å². The Morgan fingerprint density at radius 2 is 2.36 bits per heavy atom. The van der Waals surface area contributed by atoms with Gasteiger partial charge in [-0.2, -0.15) is 5.26 Å². The summed E-state index contributed by atoms with van der Waals surface area (Å²) in [5, 5.41) is 8.48. The number of allylic oxidation sites excluding steroid dienone is 1. The van der Waals surface area contributed by atoms with Gasteiger partial charge < -0.3 is 4.74 Å². The Labute approximate surface area is 66.3 Å². The molecule has 0 aromatic carbocycles. The molecular weight excluding hydrogens is 142 g/mol. The molecule has 0 amide bonds. The third-order valence-corrected chi connectivity index (χ3v) is 1.16. The molecule has 11 heavy (non-hydrogen) atoms. The summed E-state index contributed by atoms with van der Waals surface area (Å²) in [5.74, 6) is -0.463. The number of hydrogen-bond donors (Lipinski definition) is 0. The summed E-state index contributed by atoms with van der Waals surface area (Å²) in [4.78, 5) is 10.6. The summed E-state index contributed by atoms with van der Waals surface area (Å²) in [7, 11) is 1.29. The number of esters is 1. The van der Waals surface area contributed by atoms with E-state index in [9.17, 15) is 4.79 Å². The summed E-state index contributed by atoms with van der Waals surface area (Å²) in [5.41, 5.74) is 0.472. The van der Waals surface area contributed by atoms with Crippen molar-refractivity contribution in [3.8, 4) is 6.07 Å². The standard InChI is InChI=1S/C8H11NO2/c1-3-4-7(6-9)5-8(10)11-2/h5H,3-4H2,1-2H3/b7-5-. The SMILES string of the molecule is CCC/C(C#N)=C/C(=O)OC. The second-order valence-electron chi connectivity index (χ2n) is 2.05. The Bertz CT molecular complexity index is 201. The van der Waals surface area contributed by atoms with Crippen LogP contribution in [0, 0.1) is 11.3 Å². The van der Waals surface area contributed by atoms with Crippen LogP contribution in [-0.2, 0) is 9.53 Å². The topological polar surface area (TPSA) is 50.1 Å². The molecule has 0 bridgehead atoms. The predicted molar refractivity (Wildman–Crippen MR) is 40.6 cm³/mol. The number of carbonyl (C=O) groups is 1. The maximum Gasteiger partial charge on any atom is 0.331 e. The second-order valence-corrected chi connectivity index (χ2v) is 2.05. The molecule has 3 nitrogen and oxygen atoms in total. The van der Waals surface area contributed by atoms with E-state index in [0.717, 1.165) is 6.42 Å². The van der Waals surface area contributed by atoms with Crippen LogP contribution in [0.3, 0.4) is 0 Å². The normalized spacial score (nSPS) is 10.5. The fourth-order valence-electron chi connectivity index (χ4n) is 0.631. The third kappa shape index (κ3) is 4.15. The Morgan fingerprint density at radius 1 is 1.73 bits per heavy atom. The second kappa shape index (κ2) is 5.48. The van der Waals surface area contributed by atoms with Crippen LogP contribution < -0.4 is 0 Å². The zero-order valence-electron chi connectivity index (χ0n) is 6.76. The number of rotatable bonds is 3. The van der Waals surface area contributed by atoms with Crippen LogP contribution in [0.5, 0.6) is 0 Å². The Morgan fingerprint density at radius 3 is 2.73 bits per heavy atom. The first-order chi connectivity index (χ1) is 5.24. The van der Waals surface area contributed by atoms with Gasteiger partial charge in [-0.1, -0.05) is 13.3 Å². The van der Waals surface area contributed by atoms with Crippen molar-refractivity contribution < 1.29 is 9.53 Å². The number of nitrogens with zero attached hydrogens (tertiary/aromatic N) is 1. The van der Waals surface area contributed by atoms with E-state index < -0.39 is 5.97 Å². The van der Waals surface area contributed by atoms with Crippen LogP contribution in [0.25, 0.3) is 0 Å². The Kier molecular flexibility index (Phi) is 4.83. The average molecular weight is 153 g/mol. The molecule has 0 aromatic rings. The molecule has 0 saturated heterocycles. The summed E-state index contributed by atoms with van der Waals surface area (Å²) in [6.45, 7) is 1.95. The van der Waals surface area contributed by atoms with E-state index in [0.29, 0.717) is 12.0 Å². The summed E-state index contributed by atoms with van der Waals surface area (Å²) in [6.07, 6.45) is 2.71. The number of hydrogen-bond acceptors (Lipinski definition) is 3. The van der Waals surface area contributed by atoms with Gasteiger partial charge >= 0.3 is 5.97 Å². The molecule has 0 aliphatic rings. The van der Waals surface area contributed by atoms with E-state index in [1.807, 2.05) is 13.0 Å². The lowest BCUT2D eigenvalue weighted by molar-refractivity contribution is -0.134. The Hall–Kier alpha value is -1.30. The molecule has 0 atom stereocenters. The molecule has 3 heteroatoms. The smallest absolute Gasteiger partial charge is 0.331 e. The quantitative estimate of drug-likeness (QED) is 0.350. The molecule has 0 aromatic heterocycles. The van der Waals surface area contributed by atoms with Gasteiger partial charge in [0, 0.05) is 11.6 Å². The van der Waals surface area contributed by atoms with Gasteiger partial charge in [0.15, 0.2) is 0 Å². The Balaban J connectivity index is 4.14. The highest BCUT2D eigenvalue weighted by atomic mass is 16.5. The fraction of sp³-hybridized carbons (Fsp3) is 0.500. The number of nitriles is 1. The largest absolute Gasteiger partial charge is 0.466 e. The number of ether oxygens (including phenoxy) is 1. The van der Waals surface area contributed by atoms with Gasteiger partial charge in [-0.05, 0) is 6.42 Å². The molecule has 60 valence electrons. The maximum atomic E-state index is 10.6. The van der Waals surface area contributed by atoms with Crippen molar-refractivity contribution in [1.29, 1.82) is 5.26 Å². The van der Waals surface area contributed by atoms with Crippen LogP contribution in [-0.4, -0.2) is 13.1 Å². The number of methoxy groups -OCH3 is 1. The minimum Gasteiger partial charge on any atom is -0.466 e. The first-order valence-electron chi connectivity index (χ1n) is 3.43. The van der Waals surface area contributed by atoms with E-state index in [1.165, 1.54) is 13.2 Å². The summed E-state index contributed by atoms with van der Waals surface area (Å²) < 4.78 is 4.36. The monoisotopic (exact) mass is 153 g/mol. The van der Waals surface area contributed by atoms with E-state index in [2.05, 4.69) is 4.74 Å². The molecule has 0 aliphatic carbocycles. The molecule has 0 aliphatic heterocycles. The highest BCUT2D eigenvalue weighted by Gasteiger charge is 1.98. The van der Waals surface area contributed by atoms with E-state index in [1.54, 1.807) is 0 Å². The van der Waals surface area contributed by atoms with Gasteiger partial charge in [0.25, 0.3) is 0 Å². The molecule has 0 fully saturated rings. The minimum atomic E-state index is -0.463. The molecule has 0 spiro atoms. The molecule has 0 heterocycles. The first-order valence-corrected chi connectivity index (χ1v) is 3.43. The zero-order chi connectivity index (χ0) is 8.69. The van der Waals surface area contributed by atoms with Crippen molar-refractivity contribution in [3.05, 3.63) is 11.6 Å². The van der Waals surface area contributed by atoms with Crippen LogP contribution in [0.15, 0.2) is 11.6 Å². The van der Waals surface area contributed by atoms with Gasteiger partial charge in [0.05, 0.1) is 13.2 Å². The van der Waals surface area contributed by atoms with Gasteiger partial charge in [-0.15, -0.1) is 0 Å². The van der Waals surface area contributed by atoms with Gasteiger partial charge in [0.1, 0.15) is 0 Å². The van der Waals surface area contributed by atoms with Gasteiger partial charge in [-0.3, -0.25) is 0 Å².